The van der Waals surface area contributed by atoms with E-state index in [2.05, 4.69) is 6.92 Å². The normalized spacial score (nSPS) is 20.8. The Bertz CT molecular complexity index is 175. The van der Waals surface area contributed by atoms with E-state index in [1.165, 1.54) is 0 Å². The Balaban J connectivity index is 2.33. The molecule has 0 unspecified atom stereocenters. The minimum atomic E-state index is -0.131. The highest BCUT2D eigenvalue weighted by atomic mass is 32.2. The van der Waals surface area contributed by atoms with Gasteiger partial charge in [-0.25, -0.2) is 4.79 Å². The van der Waals surface area contributed by atoms with Crippen LogP contribution in [0.2, 0.25) is 0 Å². The lowest BCUT2D eigenvalue weighted by Gasteiger charge is -1.91. The molecule has 2 nitrogen and oxygen atoms in total. The standard InChI is InChI=1S/C8H12O2S/c1-2-5-11-6-7-3-4-10-8(7)9/h6H,2-5H2,1H3. The highest BCUT2D eigenvalue weighted by Gasteiger charge is 2.17. The lowest BCUT2D eigenvalue weighted by molar-refractivity contribution is -0.135. The number of carbonyl (C=O) groups is 1. The lowest BCUT2D eigenvalue weighted by Crippen LogP contribution is -1.93. The molecule has 0 N–H and O–H groups in total. The molecule has 0 bridgehead atoms. The Morgan fingerprint density at radius 1 is 1.73 bits per heavy atom. The van der Waals surface area contributed by atoms with Crippen LogP contribution in [0.3, 0.4) is 0 Å². The second-order valence-corrected chi connectivity index (χ2v) is 3.38. The van der Waals surface area contributed by atoms with Crippen LogP contribution in [0.4, 0.5) is 0 Å². The fraction of sp³-hybridized carbons (Fsp3) is 0.625. The van der Waals surface area contributed by atoms with Gasteiger partial charge >= 0.3 is 5.97 Å². The van der Waals surface area contributed by atoms with E-state index in [4.69, 9.17) is 4.74 Å². The maximum Gasteiger partial charge on any atom is 0.334 e. The van der Waals surface area contributed by atoms with E-state index in [9.17, 15) is 4.79 Å². The summed E-state index contributed by atoms with van der Waals surface area (Å²) in [6.07, 6.45) is 1.93. The number of ether oxygens (including phenoxy) is 1. The van der Waals surface area contributed by atoms with Crippen molar-refractivity contribution in [2.45, 2.75) is 19.8 Å². The van der Waals surface area contributed by atoms with Gasteiger partial charge in [-0.05, 0) is 17.6 Å². The van der Waals surface area contributed by atoms with Crippen molar-refractivity contribution < 1.29 is 9.53 Å². The van der Waals surface area contributed by atoms with Crippen LogP contribution in [0, 0.1) is 0 Å². The van der Waals surface area contributed by atoms with E-state index < -0.39 is 0 Å². The van der Waals surface area contributed by atoms with Gasteiger partial charge in [-0.2, -0.15) is 0 Å². The summed E-state index contributed by atoms with van der Waals surface area (Å²) in [5.41, 5.74) is 0.837. The number of carbonyl (C=O) groups excluding carboxylic acids is 1. The first-order valence-corrected chi connectivity index (χ1v) is 4.87. The highest BCUT2D eigenvalue weighted by Crippen LogP contribution is 2.17. The summed E-state index contributed by atoms with van der Waals surface area (Å²) in [6.45, 7) is 2.69. The second kappa shape index (κ2) is 4.44. The minimum Gasteiger partial charge on any atom is -0.462 e. The number of thioether (sulfide) groups is 1. The molecule has 11 heavy (non-hydrogen) atoms. The molecular formula is C8H12O2S. The molecule has 1 aliphatic heterocycles. The molecular weight excluding hydrogens is 160 g/mol. The molecule has 0 atom stereocenters. The van der Waals surface area contributed by atoms with Gasteiger partial charge in [0.25, 0.3) is 0 Å². The summed E-state index contributed by atoms with van der Waals surface area (Å²) < 4.78 is 4.78. The topological polar surface area (TPSA) is 26.3 Å². The quantitative estimate of drug-likeness (QED) is 0.370. The predicted octanol–water partition coefficient (Wildman–Crippen LogP) is 1.96. The van der Waals surface area contributed by atoms with Crippen LogP contribution in [-0.2, 0) is 9.53 Å². The molecule has 0 radical (unpaired) electrons. The summed E-state index contributed by atoms with van der Waals surface area (Å²) in [7, 11) is 0. The van der Waals surface area contributed by atoms with Crippen LogP contribution in [0.5, 0.6) is 0 Å². The van der Waals surface area contributed by atoms with E-state index >= 15 is 0 Å². The summed E-state index contributed by atoms with van der Waals surface area (Å²) >= 11 is 1.69. The fourth-order valence-electron chi connectivity index (χ4n) is 0.833. The molecule has 62 valence electrons. The third-order valence-corrected chi connectivity index (χ3v) is 2.51. The van der Waals surface area contributed by atoms with Gasteiger partial charge in [0.1, 0.15) is 0 Å². The van der Waals surface area contributed by atoms with Crippen molar-refractivity contribution in [1.29, 1.82) is 0 Å². The Morgan fingerprint density at radius 2 is 2.55 bits per heavy atom. The predicted molar refractivity (Wildman–Crippen MR) is 46.4 cm³/mol. The molecule has 0 aromatic heterocycles. The minimum absolute atomic E-state index is 0.131. The first-order valence-electron chi connectivity index (χ1n) is 3.82. The molecule has 0 saturated carbocycles. The van der Waals surface area contributed by atoms with Crippen molar-refractivity contribution in [3.05, 3.63) is 11.0 Å². The summed E-state index contributed by atoms with van der Waals surface area (Å²) in [6, 6.07) is 0. The van der Waals surface area contributed by atoms with Gasteiger partial charge in [-0.15, -0.1) is 11.8 Å². The molecule has 0 aliphatic carbocycles. The van der Waals surface area contributed by atoms with E-state index in [-0.39, 0.29) is 5.97 Å². The maximum absolute atomic E-state index is 10.9. The van der Waals surface area contributed by atoms with Crippen LogP contribution in [0.15, 0.2) is 11.0 Å². The first-order chi connectivity index (χ1) is 5.34. The number of hydrogen-bond acceptors (Lipinski definition) is 3. The average molecular weight is 172 g/mol. The summed E-state index contributed by atoms with van der Waals surface area (Å²) in [5, 5.41) is 1.93. The molecule has 0 amide bonds. The molecule has 0 aromatic carbocycles. The van der Waals surface area contributed by atoms with E-state index in [1.54, 1.807) is 11.8 Å². The molecule has 0 spiro atoms. The maximum atomic E-state index is 10.9. The van der Waals surface area contributed by atoms with Gasteiger partial charge in [-0.1, -0.05) is 6.92 Å². The molecule has 0 aromatic rings. The van der Waals surface area contributed by atoms with Crippen LogP contribution >= 0.6 is 11.8 Å². The second-order valence-electron chi connectivity index (χ2n) is 2.40. The van der Waals surface area contributed by atoms with E-state index in [0.717, 1.165) is 24.2 Å². The molecule has 1 heterocycles. The van der Waals surface area contributed by atoms with Gasteiger partial charge in [0.2, 0.25) is 0 Å². The number of hydrogen-bond donors (Lipinski definition) is 0. The number of cyclic esters (lactones) is 1. The van der Waals surface area contributed by atoms with Gasteiger partial charge in [0.05, 0.1) is 6.61 Å². The first kappa shape index (κ1) is 8.65. The Kier molecular flexibility index (Phi) is 3.49. The van der Waals surface area contributed by atoms with Crippen LogP contribution in [-0.4, -0.2) is 18.3 Å². The molecule has 1 aliphatic rings. The lowest BCUT2D eigenvalue weighted by atomic mass is 10.3. The molecule has 3 heteroatoms. The van der Waals surface area contributed by atoms with Gasteiger partial charge in [0.15, 0.2) is 0 Å². The van der Waals surface area contributed by atoms with E-state index in [0.29, 0.717) is 6.61 Å². The average Bonchev–Trinajstić information content (AvgIpc) is 2.37. The number of esters is 1. The fourth-order valence-corrected chi connectivity index (χ4v) is 1.60. The van der Waals surface area contributed by atoms with Crippen molar-refractivity contribution in [3.8, 4) is 0 Å². The van der Waals surface area contributed by atoms with Crippen molar-refractivity contribution in [2.75, 3.05) is 12.4 Å². The van der Waals surface area contributed by atoms with Crippen molar-refractivity contribution in [3.63, 3.8) is 0 Å². The van der Waals surface area contributed by atoms with Crippen molar-refractivity contribution >= 4 is 17.7 Å². The summed E-state index contributed by atoms with van der Waals surface area (Å²) in [5.74, 6) is 0.949. The zero-order valence-electron chi connectivity index (χ0n) is 6.63. The van der Waals surface area contributed by atoms with E-state index in [1.807, 2.05) is 5.41 Å². The third kappa shape index (κ3) is 2.58. The third-order valence-electron chi connectivity index (χ3n) is 1.41. The molecule has 1 saturated heterocycles. The highest BCUT2D eigenvalue weighted by molar-refractivity contribution is 8.02. The van der Waals surface area contributed by atoms with Crippen molar-refractivity contribution in [1.82, 2.24) is 0 Å². The monoisotopic (exact) mass is 172 g/mol. The SMILES string of the molecule is CCCSC=C1CCOC1=O. The van der Waals surface area contributed by atoms with Crippen LogP contribution < -0.4 is 0 Å². The van der Waals surface area contributed by atoms with Gasteiger partial charge in [0, 0.05) is 12.0 Å². The Morgan fingerprint density at radius 3 is 3.09 bits per heavy atom. The molecule has 1 rings (SSSR count). The van der Waals surface area contributed by atoms with Crippen LogP contribution in [0.25, 0.3) is 0 Å². The smallest absolute Gasteiger partial charge is 0.334 e. The van der Waals surface area contributed by atoms with Crippen molar-refractivity contribution in [2.24, 2.45) is 0 Å². The number of rotatable bonds is 3. The Hall–Kier alpha value is -0.440. The van der Waals surface area contributed by atoms with Gasteiger partial charge < -0.3 is 4.74 Å². The van der Waals surface area contributed by atoms with Crippen LogP contribution in [0.1, 0.15) is 19.8 Å². The summed E-state index contributed by atoms with van der Waals surface area (Å²) in [4.78, 5) is 10.9. The zero-order chi connectivity index (χ0) is 8.10. The zero-order valence-corrected chi connectivity index (χ0v) is 7.45. The molecule has 1 fully saturated rings. The Labute approximate surface area is 71.0 Å². The van der Waals surface area contributed by atoms with Gasteiger partial charge in [-0.3, -0.25) is 0 Å². The largest absolute Gasteiger partial charge is 0.462 e.